The van der Waals surface area contributed by atoms with Crippen LogP contribution in [0.3, 0.4) is 0 Å². The van der Waals surface area contributed by atoms with Crippen molar-refractivity contribution in [1.82, 2.24) is 9.80 Å². The van der Waals surface area contributed by atoms with E-state index < -0.39 is 0 Å². The summed E-state index contributed by atoms with van der Waals surface area (Å²) in [7, 11) is 1.77. The summed E-state index contributed by atoms with van der Waals surface area (Å²) >= 11 is 0. The van der Waals surface area contributed by atoms with Gasteiger partial charge in [0.05, 0.1) is 6.61 Å². The van der Waals surface area contributed by atoms with Crippen molar-refractivity contribution in [2.24, 2.45) is 0 Å². The van der Waals surface area contributed by atoms with Crippen LogP contribution in [-0.2, 0) is 4.74 Å². The smallest absolute Gasteiger partial charge is 0.119 e. The fourth-order valence-electron chi connectivity index (χ4n) is 2.62. The quantitative estimate of drug-likeness (QED) is 0.758. The van der Waals surface area contributed by atoms with E-state index in [0.717, 1.165) is 51.7 Å². The van der Waals surface area contributed by atoms with Crippen molar-refractivity contribution in [3.63, 3.8) is 0 Å². The minimum atomic E-state index is 0.593. The number of methoxy groups -OCH3 is 1. The molecule has 1 unspecified atom stereocenters. The normalized spacial score (nSPS) is 21.0. The molecule has 0 saturated carbocycles. The van der Waals surface area contributed by atoms with E-state index in [9.17, 15) is 0 Å². The van der Waals surface area contributed by atoms with Crippen LogP contribution in [0.25, 0.3) is 0 Å². The molecule has 1 aromatic rings. The molecule has 0 amide bonds. The van der Waals surface area contributed by atoms with Crippen LogP contribution < -0.4 is 4.74 Å². The molecule has 1 atom stereocenters. The summed E-state index contributed by atoms with van der Waals surface area (Å²) in [5.41, 5.74) is 0. The molecule has 1 fully saturated rings. The highest BCUT2D eigenvalue weighted by Gasteiger charge is 2.22. The van der Waals surface area contributed by atoms with Crippen molar-refractivity contribution >= 4 is 0 Å². The van der Waals surface area contributed by atoms with Gasteiger partial charge in [0.15, 0.2) is 0 Å². The average molecular weight is 278 g/mol. The third kappa shape index (κ3) is 4.78. The first-order chi connectivity index (χ1) is 9.79. The van der Waals surface area contributed by atoms with E-state index in [4.69, 9.17) is 9.47 Å². The number of ether oxygens (including phenoxy) is 2. The SMILES string of the molecule is COCCN1CCN(CCOc2ccccc2)CC1C. The standard InChI is InChI=1S/C16H26N2O2/c1-15-14-17(8-9-18(15)11-12-19-2)10-13-20-16-6-4-3-5-7-16/h3-7,15H,8-14H2,1-2H3. The Bertz CT molecular complexity index is 372. The molecule has 1 aliphatic heterocycles. The Hall–Kier alpha value is -1.10. The molecule has 0 radical (unpaired) electrons. The zero-order valence-corrected chi connectivity index (χ0v) is 12.6. The molecule has 1 aromatic carbocycles. The summed E-state index contributed by atoms with van der Waals surface area (Å²) < 4.78 is 10.9. The molecule has 1 aliphatic rings. The maximum atomic E-state index is 5.76. The molecule has 0 aliphatic carbocycles. The van der Waals surface area contributed by atoms with E-state index in [0.29, 0.717) is 6.04 Å². The first-order valence-corrected chi connectivity index (χ1v) is 7.43. The van der Waals surface area contributed by atoms with Gasteiger partial charge in [-0.25, -0.2) is 0 Å². The zero-order valence-electron chi connectivity index (χ0n) is 12.6. The molecule has 0 bridgehead atoms. The predicted octanol–water partition coefficient (Wildman–Crippen LogP) is 1.72. The Balaban J connectivity index is 1.66. The summed E-state index contributed by atoms with van der Waals surface area (Å²) in [6.45, 7) is 9.25. The minimum Gasteiger partial charge on any atom is -0.492 e. The van der Waals surface area contributed by atoms with E-state index in [1.54, 1.807) is 7.11 Å². The number of piperazine rings is 1. The molecule has 2 rings (SSSR count). The molecule has 112 valence electrons. The van der Waals surface area contributed by atoms with Gasteiger partial charge in [0.1, 0.15) is 12.4 Å². The lowest BCUT2D eigenvalue weighted by Crippen LogP contribution is -2.53. The van der Waals surface area contributed by atoms with Crippen molar-refractivity contribution < 1.29 is 9.47 Å². The van der Waals surface area contributed by atoms with E-state index >= 15 is 0 Å². The van der Waals surface area contributed by atoms with Gasteiger partial charge < -0.3 is 9.47 Å². The van der Waals surface area contributed by atoms with Crippen LogP contribution in [0, 0.1) is 0 Å². The first kappa shape index (κ1) is 15.3. The average Bonchev–Trinajstić information content (AvgIpc) is 2.47. The second-order valence-corrected chi connectivity index (χ2v) is 5.34. The van der Waals surface area contributed by atoms with Gasteiger partial charge in [0.25, 0.3) is 0 Å². The van der Waals surface area contributed by atoms with Gasteiger partial charge in [-0.1, -0.05) is 18.2 Å². The van der Waals surface area contributed by atoms with Crippen molar-refractivity contribution in [2.45, 2.75) is 13.0 Å². The molecule has 20 heavy (non-hydrogen) atoms. The van der Waals surface area contributed by atoms with E-state index in [-0.39, 0.29) is 0 Å². The van der Waals surface area contributed by atoms with Crippen LogP contribution in [0.2, 0.25) is 0 Å². The van der Waals surface area contributed by atoms with Crippen molar-refractivity contribution in [3.8, 4) is 5.75 Å². The number of nitrogens with zero attached hydrogens (tertiary/aromatic N) is 2. The van der Waals surface area contributed by atoms with E-state index in [1.165, 1.54) is 0 Å². The molecule has 0 spiro atoms. The number of para-hydroxylation sites is 1. The van der Waals surface area contributed by atoms with Gasteiger partial charge in [0.2, 0.25) is 0 Å². The Morgan fingerprint density at radius 1 is 1.10 bits per heavy atom. The van der Waals surface area contributed by atoms with Crippen LogP contribution in [0.4, 0.5) is 0 Å². The molecule has 1 heterocycles. The molecule has 0 aromatic heterocycles. The topological polar surface area (TPSA) is 24.9 Å². The molecular formula is C16H26N2O2. The Kier molecular flexibility index (Phi) is 6.30. The monoisotopic (exact) mass is 278 g/mol. The molecular weight excluding hydrogens is 252 g/mol. The van der Waals surface area contributed by atoms with Crippen LogP contribution in [-0.4, -0.2) is 68.9 Å². The predicted molar refractivity (Wildman–Crippen MR) is 81.3 cm³/mol. The summed E-state index contributed by atoms with van der Waals surface area (Å²) in [6, 6.07) is 10.6. The van der Waals surface area contributed by atoms with Gasteiger partial charge in [-0.3, -0.25) is 9.80 Å². The molecule has 0 N–H and O–H groups in total. The highest BCUT2D eigenvalue weighted by atomic mass is 16.5. The van der Waals surface area contributed by atoms with Crippen LogP contribution in [0.1, 0.15) is 6.92 Å². The number of hydrogen-bond acceptors (Lipinski definition) is 4. The second-order valence-electron chi connectivity index (χ2n) is 5.34. The van der Waals surface area contributed by atoms with Crippen LogP contribution in [0.5, 0.6) is 5.75 Å². The van der Waals surface area contributed by atoms with Crippen LogP contribution in [0.15, 0.2) is 30.3 Å². The van der Waals surface area contributed by atoms with Gasteiger partial charge in [-0.2, -0.15) is 0 Å². The Labute approximate surface area is 122 Å². The minimum absolute atomic E-state index is 0.593. The number of hydrogen-bond donors (Lipinski definition) is 0. The highest BCUT2D eigenvalue weighted by Crippen LogP contribution is 2.11. The summed E-state index contributed by atoms with van der Waals surface area (Å²) in [5, 5.41) is 0. The third-order valence-electron chi connectivity index (χ3n) is 3.85. The van der Waals surface area contributed by atoms with Crippen molar-refractivity contribution in [2.75, 3.05) is 53.0 Å². The molecule has 4 nitrogen and oxygen atoms in total. The largest absolute Gasteiger partial charge is 0.492 e. The van der Waals surface area contributed by atoms with E-state index in [2.05, 4.69) is 16.7 Å². The maximum Gasteiger partial charge on any atom is 0.119 e. The number of rotatable bonds is 7. The van der Waals surface area contributed by atoms with E-state index in [1.807, 2.05) is 30.3 Å². The Morgan fingerprint density at radius 2 is 1.90 bits per heavy atom. The lowest BCUT2D eigenvalue weighted by Gasteiger charge is -2.39. The lowest BCUT2D eigenvalue weighted by atomic mass is 10.2. The van der Waals surface area contributed by atoms with Gasteiger partial charge in [0, 0.05) is 45.9 Å². The lowest BCUT2D eigenvalue weighted by molar-refractivity contribution is 0.0532. The summed E-state index contributed by atoms with van der Waals surface area (Å²) in [6.07, 6.45) is 0. The summed E-state index contributed by atoms with van der Waals surface area (Å²) in [5.74, 6) is 0.958. The van der Waals surface area contributed by atoms with Crippen molar-refractivity contribution in [3.05, 3.63) is 30.3 Å². The summed E-state index contributed by atoms with van der Waals surface area (Å²) in [4.78, 5) is 4.98. The Morgan fingerprint density at radius 3 is 2.60 bits per heavy atom. The fourth-order valence-corrected chi connectivity index (χ4v) is 2.62. The van der Waals surface area contributed by atoms with Crippen LogP contribution >= 0.6 is 0 Å². The first-order valence-electron chi connectivity index (χ1n) is 7.43. The fraction of sp³-hybridized carbons (Fsp3) is 0.625. The zero-order chi connectivity index (χ0) is 14.2. The maximum absolute atomic E-state index is 5.76. The number of benzene rings is 1. The van der Waals surface area contributed by atoms with Gasteiger partial charge in [-0.05, 0) is 19.1 Å². The van der Waals surface area contributed by atoms with Crippen molar-refractivity contribution in [1.29, 1.82) is 0 Å². The second kappa shape index (κ2) is 8.25. The third-order valence-corrected chi connectivity index (χ3v) is 3.85. The van der Waals surface area contributed by atoms with Gasteiger partial charge >= 0.3 is 0 Å². The van der Waals surface area contributed by atoms with Gasteiger partial charge in [-0.15, -0.1) is 0 Å². The molecule has 1 saturated heterocycles. The molecule has 4 heteroatoms. The highest BCUT2D eigenvalue weighted by molar-refractivity contribution is 5.20.